The average Bonchev–Trinajstić information content (AvgIpc) is 2.85. The van der Waals surface area contributed by atoms with Gasteiger partial charge in [-0.2, -0.15) is 0 Å². The predicted octanol–water partition coefficient (Wildman–Crippen LogP) is 2.42. The maximum absolute atomic E-state index is 12.2. The Morgan fingerprint density at radius 2 is 1.95 bits per heavy atom. The van der Waals surface area contributed by atoms with Crippen LogP contribution in [0.25, 0.3) is 0 Å². The van der Waals surface area contributed by atoms with E-state index in [1.807, 2.05) is 11.4 Å². The van der Waals surface area contributed by atoms with Crippen LogP contribution in [0.15, 0.2) is 15.9 Å². The van der Waals surface area contributed by atoms with Gasteiger partial charge in [0.25, 0.3) is 5.91 Å². The monoisotopic (exact) mass is 346 g/mol. The minimum Gasteiger partial charge on any atom is -0.450 e. The van der Waals surface area contributed by atoms with Crippen molar-refractivity contribution in [2.75, 3.05) is 32.8 Å². The Kier molecular flexibility index (Phi) is 4.81. The summed E-state index contributed by atoms with van der Waals surface area (Å²) >= 11 is 4.76. The molecule has 0 spiro atoms. The summed E-state index contributed by atoms with van der Waals surface area (Å²) in [5.41, 5.74) is 0. The summed E-state index contributed by atoms with van der Waals surface area (Å²) < 4.78 is 5.87. The second-order valence-electron chi connectivity index (χ2n) is 4.11. The molecule has 0 N–H and O–H groups in total. The number of nitrogens with zero attached hydrogens (tertiary/aromatic N) is 2. The molecule has 1 aromatic rings. The summed E-state index contributed by atoms with van der Waals surface area (Å²) in [4.78, 5) is 27.9. The second kappa shape index (κ2) is 6.38. The van der Waals surface area contributed by atoms with E-state index in [1.54, 1.807) is 16.7 Å². The number of rotatable bonds is 2. The highest BCUT2D eigenvalue weighted by Gasteiger charge is 2.26. The first-order valence-electron chi connectivity index (χ1n) is 6.07. The lowest BCUT2D eigenvalue weighted by Crippen LogP contribution is -2.50. The molecule has 7 heteroatoms. The van der Waals surface area contributed by atoms with E-state index in [-0.39, 0.29) is 12.0 Å². The lowest BCUT2D eigenvalue weighted by atomic mass is 10.3. The normalized spacial score (nSPS) is 15.5. The van der Waals surface area contributed by atoms with Gasteiger partial charge in [-0.3, -0.25) is 4.79 Å². The fraction of sp³-hybridized carbons (Fsp3) is 0.500. The Labute approximate surface area is 124 Å². The van der Waals surface area contributed by atoms with Crippen LogP contribution in [0.2, 0.25) is 0 Å². The Bertz CT molecular complexity index is 469. The fourth-order valence-electron chi connectivity index (χ4n) is 1.89. The van der Waals surface area contributed by atoms with Crippen LogP contribution >= 0.6 is 27.3 Å². The summed E-state index contributed by atoms with van der Waals surface area (Å²) in [5, 5.41) is 1.89. The molecule has 1 saturated heterocycles. The van der Waals surface area contributed by atoms with Crippen LogP contribution in [-0.2, 0) is 4.74 Å². The molecule has 2 heterocycles. The first-order chi connectivity index (χ1) is 9.11. The largest absolute Gasteiger partial charge is 0.450 e. The van der Waals surface area contributed by atoms with Crippen molar-refractivity contribution in [3.63, 3.8) is 0 Å². The van der Waals surface area contributed by atoms with E-state index in [2.05, 4.69) is 15.9 Å². The molecule has 0 aromatic carbocycles. The molecule has 104 valence electrons. The Balaban J connectivity index is 1.89. The van der Waals surface area contributed by atoms with E-state index >= 15 is 0 Å². The highest BCUT2D eigenvalue weighted by atomic mass is 79.9. The maximum Gasteiger partial charge on any atom is 0.409 e. The van der Waals surface area contributed by atoms with Gasteiger partial charge >= 0.3 is 6.09 Å². The van der Waals surface area contributed by atoms with Crippen LogP contribution in [0.3, 0.4) is 0 Å². The zero-order valence-electron chi connectivity index (χ0n) is 10.6. The first kappa shape index (κ1) is 14.3. The lowest BCUT2D eigenvalue weighted by Gasteiger charge is -2.33. The van der Waals surface area contributed by atoms with Gasteiger partial charge in [0.2, 0.25) is 0 Å². The van der Waals surface area contributed by atoms with Crippen LogP contribution in [0, 0.1) is 0 Å². The van der Waals surface area contributed by atoms with Gasteiger partial charge in [-0.15, -0.1) is 11.3 Å². The summed E-state index contributed by atoms with van der Waals surface area (Å²) in [6.45, 7) is 4.31. The van der Waals surface area contributed by atoms with E-state index in [9.17, 15) is 9.59 Å². The minimum absolute atomic E-state index is 0.0270. The highest BCUT2D eigenvalue weighted by molar-refractivity contribution is 9.10. The predicted molar refractivity (Wildman–Crippen MR) is 76.5 cm³/mol. The first-order valence-corrected chi connectivity index (χ1v) is 7.74. The molecule has 1 fully saturated rings. The number of thiophene rings is 1. The number of hydrogen-bond donors (Lipinski definition) is 0. The fourth-order valence-corrected chi connectivity index (χ4v) is 3.28. The molecule has 1 aliphatic rings. The van der Waals surface area contributed by atoms with Crippen molar-refractivity contribution in [3.8, 4) is 0 Å². The number of carbonyl (C=O) groups is 2. The third kappa shape index (κ3) is 3.48. The Morgan fingerprint density at radius 3 is 2.47 bits per heavy atom. The van der Waals surface area contributed by atoms with Gasteiger partial charge < -0.3 is 14.5 Å². The molecule has 0 atom stereocenters. The van der Waals surface area contributed by atoms with Crippen LogP contribution < -0.4 is 0 Å². The molecule has 1 aliphatic heterocycles. The van der Waals surface area contributed by atoms with Crippen LogP contribution in [0.5, 0.6) is 0 Å². The topological polar surface area (TPSA) is 49.9 Å². The smallest absolute Gasteiger partial charge is 0.409 e. The molecule has 1 aromatic heterocycles. The Hall–Kier alpha value is -1.08. The van der Waals surface area contributed by atoms with E-state index < -0.39 is 0 Å². The van der Waals surface area contributed by atoms with Gasteiger partial charge in [0, 0.05) is 36.0 Å². The number of halogens is 1. The van der Waals surface area contributed by atoms with Crippen molar-refractivity contribution in [2.24, 2.45) is 0 Å². The van der Waals surface area contributed by atoms with Gasteiger partial charge in [0.1, 0.15) is 0 Å². The maximum atomic E-state index is 12.2. The minimum atomic E-state index is -0.298. The molecular weight excluding hydrogens is 332 g/mol. The zero-order chi connectivity index (χ0) is 13.8. The standard InChI is InChI=1S/C12H15BrN2O3S/c1-2-18-12(17)15-5-3-14(4-6-15)11(16)10-7-9(13)8-19-10/h7-8H,2-6H2,1H3. The van der Waals surface area contributed by atoms with Crippen molar-refractivity contribution in [1.29, 1.82) is 0 Å². The van der Waals surface area contributed by atoms with E-state index in [0.717, 1.165) is 9.35 Å². The molecule has 19 heavy (non-hydrogen) atoms. The summed E-state index contributed by atoms with van der Waals surface area (Å²) in [6, 6.07) is 1.82. The number of piperazine rings is 1. The molecule has 0 radical (unpaired) electrons. The molecule has 0 bridgehead atoms. The average molecular weight is 347 g/mol. The molecule has 0 saturated carbocycles. The summed E-state index contributed by atoms with van der Waals surface area (Å²) in [6.07, 6.45) is -0.298. The third-order valence-electron chi connectivity index (χ3n) is 2.87. The van der Waals surface area contributed by atoms with Crippen molar-refractivity contribution < 1.29 is 14.3 Å². The van der Waals surface area contributed by atoms with Gasteiger partial charge in [0.15, 0.2) is 0 Å². The van der Waals surface area contributed by atoms with Gasteiger partial charge in [-0.05, 0) is 28.9 Å². The molecule has 2 amide bonds. The zero-order valence-corrected chi connectivity index (χ0v) is 13.0. The molecular formula is C12H15BrN2O3S. The Morgan fingerprint density at radius 1 is 1.32 bits per heavy atom. The lowest BCUT2D eigenvalue weighted by molar-refractivity contribution is 0.0574. The van der Waals surface area contributed by atoms with E-state index in [0.29, 0.717) is 32.8 Å². The highest BCUT2D eigenvalue weighted by Crippen LogP contribution is 2.21. The van der Waals surface area contributed by atoms with Gasteiger partial charge in [0.05, 0.1) is 11.5 Å². The summed E-state index contributed by atoms with van der Waals surface area (Å²) in [5.74, 6) is 0.0270. The molecule has 0 aliphatic carbocycles. The molecule has 2 rings (SSSR count). The van der Waals surface area contributed by atoms with Crippen LogP contribution in [0.4, 0.5) is 4.79 Å². The van der Waals surface area contributed by atoms with Crippen molar-refractivity contribution in [2.45, 2.75) is 6.92 Å². The van der Waals surface area contributed by atoms with Crippen LogP contribution in [0.1, 0.15) is 16.6 Å². The van der Waals surface area contributed by atoms with Gasteiger partial charge in [-0.1, -0.05) is 0 Å². The van der Waals surface area contributed by atoms with Crippen molar-refractivity contribution in [1.82, 2.24) is 9.80 Å². The van der Waals surface area contributed by atoms with Crippen molar-refractivity contribution >= 4 is 39.3 Å². The molecule has 0 unspecified atom stereocenters. The van der Waals surface area contributed by atoms with E-state index in [1.165, 1.54) is 11.3 Å². The van der Waals surface area contributed by atoms with Crippen molar-refractivity contribution in [3.05, 3.63) is 20.8 Å². The number of ether oxygens (including phenoxy) is 1. The number of amides is 2. The number of hydrogen-bond acceptors (Lipinski definition) is 4. The number of carbonyl (C=O) groups excluding carboxylic acids is 2. The quantitative estimate of drug-likeness (QED) is 0.826. The van der Waals surface area contributed by atoms with Crippen LogP contribution in [-0.4, -0.2) is 54.6 Å². The SMILES string of the molecule is CCOC(=O)N1CCN(C(=O)c2cc(Br)cs2)CC1. The molecule has 5 nitrogen and oxygen atoms in total. The van der Waals surface area contributed by atoms with Gasteiger partial charge in [-0.25, -0.2) is 4.79 Å². The third-order valence-corrected chi connectivity index (χ3v) is 4.55. The second-order valence-corrected chi connectivity index (χ2v) is 5.93. The summed E-state index contributed by atoms with van der Waals surface area (Å²) in [7, 11) is 0. The van der Waals surface area contributed by atoms with E-state index in [4.69, 9.17) is 4.74 Å².